The van der Waals surface area contributed by atoms with Crippen LogP contribution in [0, 0.1) is 0 Å². The third-order valence-electron chi connectivity index (χ3n) is 3.34. The van der Waals surface area contributed by atoms with Crippen LogP contribution in [-0.2, 0) is 0 Å². The number of methoxy groups -OCH3 is 1. The molecule has 1 aliphatic rings. The van der Waals surface area contributed by atoms with Crippen molar-refractivity contribution in [3.8, 4) is 11.5 Å². The van der Waals surface area contributed by atoms with E-state index >= 15 is 0 Å². The van der Waals surface area contributed by atoms with Crippen molar-refractivity contribution in [1.82, 2.24) is 10.2 Å². The second-order valence-electron chi connectivity index (χ2n) is 5.38. The molecule has 5 heteroatoms. The highest BCUT2D eigenvalue weighted by molar-refractivity contribution is 5.99. The number of hydrogen-bond donors (Lipinski definition) is 1. The Labute approximate surface area is 127 Å². The summed E-state index contributed by atoms with van der Waals surface area (Å²) in [6.45, 7) is 3.56. The quantitative estimate of drug-likeness (QED) is 0.778. The van der Waals surface area contributed by atoms with Gasteiger partial charge in [-0.05, 0) is 45.1 Å². The van der Waals surface area contributed by atoms with Crippen LogP contribution in [0.15, 0.2) is 23.2 Å². The van der Waals surface area contributed by atoms with Crippen molar-refractivity contribution >= 4 is 5.84 Å². The summed E-state index contributed by atoms with van der Waals surface area (Å²) in [7, 11) is 5.79. The molecule has 116 valence electrons. The van der Waals surface area contributed by atoms with E-state index in [9.17, 15) is 0 Å². The topological polar surface area (TPSA) is 46.1 Å². The Morgan fingerprint density at radius 3 is 2.81 bits per heavy atom. The second-order valence-corrected chi connectivity index (χ2v) is 5.38. The van der Waals surface area contributed by atoms with E-state index in [-0.39, 0.29) is 0 Å². The Hall–Kier alpha value is -1.75. The Morgan fingerprint density at radius 1 is 1.29 bits per heavy atom. The second kappa shape index (κ2) is 7.88. The molecule has 1 aliphatic heterocycles. The standard InChI is InChI=1S/C16H25N3O2/c1-19(2)10-5-11-21-14-7-6-13(12-15(14)20-3)16-17-8-4-9-18-16/h6-7,12H,4-5,8-11H2,1-3H3,(H,17,18). The van der Waals surface area contributed by atoms with Gasteiger partial charge in [0.2, 0.25) is 0 Å². The number of nitrogens with one attached hydrogen (secondary N) is 1. The van der Waals surface area contributed by atoms with E-state index in [1.54, 1.807) is 7.11 Å². The maximum atomic E-state index is 5.81. The number of ether oxygens (including phenoxy) is 2. The summed E-state index contributed by atoms with van der Waals surface area (Å²) < 4.78 is 11.2. The van der Waals surface area contributed by atoms with Crippen LogP contribution in [0.5, 0.6) is 11.5 Å². The van der Waals surface area contributed by atoms with Gasteiger partial charge in [0.05, 0.1) is 13.7 Å². The summed E-state index contributed by atoms with van der Waals surface area (Å²) in [4.78, 5) is 6.65. The molecule has 0 fully saturated rings. The van der Waals surface area contributed by atoms with Crippen molar-refractivity contribution in [1.29, 1.82) is 0 Å². The molecular formula is C16H25N3O2. The van der Waals surface area contributed by atoms with Crippen molar-refractivity contribution in [2.24, 2.45) is 4.99 Å². The molecule has 1 aromatic carbocycles. The largest absolute Gasteiger partial charge is 0.493 e. The average molecular weight is 291 g/mol. The van der Waals surface area contributed by atoms with Crippen molar-refractivity contribution in [3.63, 3.8) is 0 Å². The molecule has 0 amide bonds. The first-order valence-electron chi connectivity index (χ1n) is 7.45. The molecule has 0 unspecified atom stereocenters. The molecule has 5 nitrogen and oxygen atoms in total. The highest BCUT2D eigenvalue weighted by atomic mass is 16.5. The molecule has 0 saturated heterocycles. The minimum absolute atomic E-state index is 0.688. The van der Waals surface area contributed by atoms with Crippen LogP contribution in [0.1, 0.15) is 18.4 Å². The third-order valence-corrected chi connectivity index (χ3v) is 3.34. The normalized spacial score (nSPS) is 14.6. The number of hydrogen-bond acceptors (Lipinski definition) is 5. The maximum absolute atomic E-state index is 5.81. The first kappa shape index (κ1) is 15.6. The summed E-state index contributed by atoms with van der Waals surface area (Å²) in [6.07, 6.45) is 2.08. The van der Waals surface area contributed by atoms with Gasteiger partial charge in [0.25, 0.3) is 0 Å². The lowest BCUT2D eigenvalue weighted by Crippen LogP contribution is -2.30. The number of rotatable bonds is 7. The molecular weight excluding hydrogens is 266 g/mol. The Balaban J connectivity index is 2.00. The van der Waals surface area contributed by atoms with Gasteiger partial charge >= 0.3 is 0 Å². The van der Waals surface area contributed by atoms with E-state index in [0.29, 0.717) is 6.61 Å². The molecule has 2 rings (SSSR count). The molecule has 0 bridgehead atoms. The molecule has 1 aromatic rings. The van der Waals surface area contributed by atoms with Gasteiger partial charge in [-0.1, -0.05) is 0 Å². The van der Waals surface area contributed by atoms with Crippen LogP contribution < -0.4 is 14.8 Å². The number of nitrogens with zero attached hydrogens (tertiary/aromatic N) is 2. The monoisotopic (exact) mass is 291 g/mol. The summed E-state index contributed by atoms with van der Waals surface area (Å²) in [5, 5.41) is 3.32. The molecule has 0 saturated carbocycles. The minimum atomic E-state index is 0.688. The van der Waals surface area contributed by atoms with Gasteiger partial charge in [0, 0.05) is 25.2 Å². The van der Waals surface area contributed by atoms with E-state index in [0.717, 1.165) is 55.4 Å². The first-order chi connectivity index (χ1) is 10.2. The molecule has 21 heavy (non-hydrogen) atoms. The van der Waals surface area contributed by atoms with Crippen LogP contribution in [0.4, 0.5) is 0 Å². The molecule has 0 aromatic heterocycles. The summed E-state index contributed by atoms with van der Waals surface area (Å²) >= 11 is 0. The zero-order valence-corrected chi connectivity index (χ0v) is 13.2. The smallest absolute Gasteiger partial charge is 0.161 e. The zero-order valence-electron chi connectivity index (χ0n) is 13.2. The molecule has 1 N–H and O–H groups in total. The van der Waals surface area contributed by atoms with Crippen molar-refractivity contribution in [2.75, 3.05) is 47.4 Å². The van der Waals surface area contributed by atoms with Crippen LogP contribution in [0.25, 0.3) is 0 Å². The van der Waals surface area contributed by atoms with Crippen molar-refractivity contribution < 1.29 is 9.47 Å². The number of aliphatic imine (C=N–C) groups is 1. The van der Waals surface area contributed by atoms with Gasteiger partial charge in [-0.2, -0.15) is 0 Å². The summed E-state index contributed by atoms with van der Waals surface area (Å²) in [6, 6.07) is 5.97. The van der Waals surface area contributed by atoms with E-state index < -0.39 is 0 Å². The first-order valence-corrected chi connectivity index (χ1v) is 7.45. The molecule has 0 atom stereocenters. The fourth-order valence-electron chi connectivity index (χ4n) is 2.22. The molecule has 0 aliphatic carbocycles. The van der Waals surface area contributed by atoms with E-state index in [1.165, 1.54) is 0 Å². The lowest BCUT2D eigenvalue weighted by atomic mass is 10.1. The van der Waals surface area contributed by atoms with Crippen molar-refractivity contribution in [2.45, 2.75) is 12.8 Å². The van der Waals surface area contributed by atoms with Crippen LogP contribution >= 0.6 is 0 Å². The average Bonchev–Trinajstić information content (AvgIpc) is 2.52. The van der Waals surface area contributed by atoms with Gasteiger partial charge in [-0.15, -0.1) is 0 Å². The van der Waals surface area contributed by atoms with Crippen LogP contribution in [0.2, 0.25) is 0 Å². The molecule has 0 radical (unpaired) electrons. The van der Waals surface area contributed by atoms with E-state index in [4.69, 9.17) is 9.47 Å². The maximum Gasteiger partial charge on any atom is 0.161 e. The lowest BCUT2D eigenvalue weighted by Gasteiger charge is -2.17. The number of amidine groups is 1. The third kappa shape index (κ3) is 4.63. The van der Waals surface area contributed by atoms with E-state index in [1.807, 2.05) is 18.2 Å². The predicted octanol–water partition coefficient (Wildman–Crippen LogP) is 1.77. The number of benzene rings is 1. The predicted molar refractivity (Wildman–Crippen MR) is 85.7 cm³/mol. The summed E-state index contributed by atoms with van der Waals surface area (Å²) in [5.41, 5.74) is 1.05. The Kier molecular flexibility index (Phi) is 5.87. The van der Waals surface area contributed by atoms with Gasteiger partial charge in [0.1, 0.15) is 5.84 Å². The van der Waals surface area contributed by atoms with Gasteiger partial charge < -0.3 is 19.7 Å². The SMILES string of the molecule is COc1cc(C2=NCCCN2)ccc1OCCCN(C)C. The fourth-order valence-corrected chi connectivity index (χ4v) is 2.22. The highest BCUT2D eigenvalue weighted by Gasteiger charge is 2.11. The van der Waals surface area contributed by atoms with Gasteiger partial charge in [0.15, 0.2) is 11.5 Å². The highest BCUT2D eigenvalue weighted by Crippen LogP contribution is 2.28. The van der Waals surface area contributed by atoms with Crippen molar-refractivity contribution in [3.05, 3.63) is 23.8 Å². The fraction of sp³-hybridized carbons (Fsp3) is 0.562. The Bertz CT molecular complexity index is 486. The van der Waals surface area contributed by atoms with Crippen LogP contribution in [0.3, 0.4) is 0 Å². The zero-order chi connectivity index (χ0) is 15.1. The van der Waals surface area contributed by atoms with Gasteiger partial charge in [-0.25, -0.2) is 0 Å². The Morgan fingerprint density at radius 2 is 2.14 bits per heavy atom. The molecule has 1 heterocycles. The van der Waals surface area contributed by atoms with E-state index in [2.05, 4.69) is 29.3 Å². The summed E-state index contributed by atoms with van der Waals surface area (Å²) in [5.74, 6) is 2.49. The molecule has 0 spiro atoms. The lowest BCUT2D eigenvalue weighted by molar-refractivity contribution is 0.268. The van der Waals surface area contributed by atoms with Gasteiger partial charge in [-0.3, -0.25) is 4.99 Å². The minimum Gasteiger partial charge on any atom is -0.493 e. The van der Waals surface area contributed by atoms with Crippen LogP contribution in [-0.4, -0.2) is 58.2 Å².